The SMILES string of the molecule is CC[C@@H](C)NC(=O)c1cc2cc3cc(OC)ccc3nc2o1. The summed E-state index contributed by atoms with van der Waals surface area (Å²) in [5, 5.41) is 4.63. The topological polar surface area (TPSA) is 64.4 Å². The van der Waals surface area contributed by atoms with Crippen LogP contribution in [0.25, 0.3) is 22.0 Å². The minimum absolute atomic E-state index is 0.108. The van der Waals surface area contributed by atoms with E-state index in [9.17, 15) is 4.79 Å². The number of aromatic nitrogens is 1. The van der Waals surface area contributed by atoms with E-state index in [-0.39, 0.29) is 17.7 Å². The number of hydrogen-bond acceptors (Lipinski definition) is 4. The molecule has 0 saturated carbocycles. The van der Waals surface area contributed by atoms with E-state index in [0.29, 0.717) is 5.71 Å². The van der Waals surface area contributed by atoms with Crippen LogP contribution in [-0.2, 0) is 0 Å². The van der Waals surface area contributed by atoms with E-state index in [2.05, 4.69) is 10.3 Å². The molecule has 0 radical (unpaired) electrons. The molecule has 0 aliphatic rings. The van der Waals surface area contributed by atoms with E-state index in [1.165, 1.54) is 0 Å². The molecule has 0 saturated heterocycles. The van der Waals surface area contributed by atoms with Gasteiger partial charge in [0, 0.05) is 16.8 Å². The number of nitrogens with zero attached hydrogens (tertiary/aromatic N) is 1. The molecule has 0 bridgehead atoms. The first-order chi connectivity index (χ1) is 10.6. The Hall–Kier alpha value is -2.56. The van der Waals surface area contributed by atoms with E-state index in [1.54, 1.807) is 13.2 Å². The molecule has 5 heteroatoms. The highest BCUT2D eigenvalue weighted by Crippen LogP contribution is 2.25. The summed E-state index contributed by atoms with van der Waals surface area (Å²) in [5.74, 6) is 0.839. The number of benzene rings is 1. The number of fused-ring (bicyclic) bond motifs is 2. The first kappa shape index (κ1) is 14.4. The normalized spacial score (nSPS) is 12.5. The van der Waals surface area contributed by atoms with Crippen molar-refractivity contribution in [1.82, 2.24) is 10.3 Å². The molecule has 114 valence electrons. The number of hydrogen-bond donors (Lipinski definition) is 1. The van der Waals surface area contributed by atoms with Crippen molar-refractivity contribution in [2.24, 2.45) is 0 Å². The number of carbonyl (C=O) groups is 1. The van der Waals surface area contributed by atoms with Crippen molar-refractivity contribution in [3.63, 3.8) is 0 Å². The van der Waals surface area contributed by atoms with Gasteiger partial charge in [0.25, 0.3) is 5.91 Å². The van der Waals surface area contributed by atoms with Crippen LogP contribution in [0.4, 0.5) is 0 Å². The Bertz CT molecular complexity index is 838. The molecule has 1 N–H and O–H groups in total. The van der Waals surface area contributed by atoms with Crippen LogP contribution in [0.2, 0.25) is 0 Å². The van der Waals surface area contributed by atoms with Crippen LogP contribution in [0, 0.1) is 0 Å². The van der Waals surface area contributed by atoms with Crippen molar-refractivity contribution in [3.05, 3.63) is 36.1 Å². The Kier molecular flexibility index (Phi) is 3.71. The first-order valence-corrected chi connectivity index (χ1v) is 7.30. The van der Waals surface area contributed by atoms with E-state index >= 15 is 0 Å². The minimum Gasteiger partial charge on any atom is -0.497 e. The molecule has 0 spiro atoms. The molecule has 0 aliphatic heterocycles. The van der Waals surface area contributed by atoms with E-state index in [1.807, 2.05) is 38.1 Å². The second-order valence-electron chi connectivity index (χ2n) is 5.33. The van der Waals surface area contributed by atoms with Gasteiger partial charge in [-0.25, -0.2) is 4.98 Å². The standard InChI is InChI=1S/C17H18N2O3/c1-4-10(2)18-16(20)15-9-12-7-11-8-13(21-3)5-6-14(11)19-17(12)22-15/h5-10H,4H2,1-3H3,(H,18,20)/t10-/m1/s1. The maximum Gasteiger partial charge on any atom is 0.287 e. The van der Waals surface area contributed by atoms with Crippen molar-refractivity contribution in [2.45, 2.75) is 26.3 Å². The summed E-state index contributed by atoms with van der Waals surface area (Å²) < 4.78 is 10.8. The fraction of sp³-hybridized carbons (Fsp3) is 0.294. The highest BCUT2D eigenvalue weighted by Gasteiger charge is 2.15. The number of pyridine rings is 1. The van der Waals surface area contributed by atoms with Crippen LogP contribution in [0.5, 0.6) is 5.75 Å². The number of nitrogens with one attached hydrogen (secondary N) is 1. The van der Waals surface area contributed by atoms with Gasteiger partial charge < -0.3 is 14.5 Å². The van der Waals surface area contributed by atoms with Crippen molar-refractivity contribution >= 4 is 27.9 Å². The van der Waals surface area contributed by atoms with Crippen LogP contribution in [0.3, 0.4) is 0 Å². The Morgan fingerprint density at radius 1 is 1.32 bits per heavy atom. The summed E-state index contributed by atoms with van der Waals surface area (Å²) in [6, 6.07) is 9.41. The molecule has 2 aromatic heterocycles. The molecule has 0 fully saturated rings. The van der Waals surface area contributed by atoms with Gasteiger partial charge in [0.15, 0.2) is 5.76 Å². The van der Waals surface area contributed by atoms with Gasteiger partial charge in [0.2, 0.25) is 5.71 Å². The van der Waals surface area contributed by atoms with Gasteiger partial charge in [-0.3, -0.25) is 4.79 Å². The van der Waals surface area contributed by atoms with Gasteiger partial charge in [0.05, 0.1) is 12.6 Å². The number of ether oxygens (including phenoxy) is 1. The fourth-order valence-electron chi connectivity index (χ4n) is 2.25. The first-order valence-electron chi connectivity index (χ1n) is 7.30. The predicted molar refractivity (Wildman–Crippen MR) is 85.3 cm³/mol. The van der Waals surface area contributed by atoms with Gasteiger partial charge in [-0.05, 0) is 43.7 Å². The second-order valence-corrected chi connectivity index (χ2v) is 5.33. The summed E-state index contributed by atoms with van der Waals surface area (Å²) in [6.07, 6.45) is 0.869. The molecule has 5 nitrogen and oxygen atoms in total. The summed E-state index contributed by atoms with van der Waals surface area (Å²) >= 11 is 0. The Morgan fingerprint density at radius 3 is 2.86 bits per heavy atom. The van der Waals surface area contributed by atoms with Crippen LogP contribution < -0.4 is 10.1 Å². The molecule has 1 atom stereocenters. The van der Waals surface area contributed by atoms with Gasteiger partial charge in [-0.1, -0.05) is 6.92 Å². The second kappa shape index (κ2) is 5.67. The van der Waals surface area contributed by atoms with Gasteiger partial charge in [-0.2, -0.15) is 0 Å². The zero-order valence-electron chi connectivity index (χ0n) is 12.8. The van der Waals surface area contributed by atoms with E-state index in [0.717, 1.165) is 28.5 Å². The van der Waals surface area contributed by atoms with Crippen LogP contribution in [-0.4, -0.2) is 24.0 Å². The third kappa shape index (κ3) is 2.62. The average molecular weight is 298 g/mol. The summed E-state index contributed by atoms with van der Waals surface area (Å²) in [7, 11) is 1.63. The van der Waals surface area contributed by atoms with Crippen molar-refractivity contribution in [2.75, 3.05) is 7.11 Å². The molecule has 2 heterocycles. The largest absolute Gasteiger partial charge is 0.497 e. The van der Waals surface area contributed by atoms with Crippen LogP contribution in [0.1, 0.15) is 30.8 Å². The lowest BCUT2D eigenvalue weighted by molar-refractivity contribution is 0.0913. The fourth-order valence-corrected chi connectivity index (χ4v) is 2.25. The minimum atomic E-state index is -0.214. The molecular weight excluding hydrogens is 280 g/mol. The number of rotatable bonds is 4. The number of amides is 1. The van der Waals surface area contributed by atoms with E-state index < -0.39 is 0 Å². The lowest BCUT2D eigenvalue weighted by Gasteiger charge is -2.08. The molecular formula is C17H18N2O3. The lowest BCUT2D eigenvalue weighted by atomic mass is 10.2. The molecule has 22 heavy (non-hydrogen) atoms. The predicted octanol–water partition coefficient (Wildman–Crippen LogP) is 3.52. The van der Waals surface area contributed by atoms with Crippen molar-refractivity contribution in [3.8, 4) is 5.75 Å². The Balaban J connectivity index is 2.02. The average Bonchev–Trinajstić information content (AvgIpc) is 2.94. The van der Waals surface area contributed by atoms with E-state index in [4.69, 9.17) is 9.15 Å². The summed E-state index contributed by atoms with van der Waals surface area (Å²) in [5.41, 5.74) is 1.27. The Morgan fingerprint density at radius 2 is 2.14 bits per heavy atom. The zero-order valence-corrected chi connectivity index (χ0v) is 12.8. The zero-order chi connectivity index (χ0) is 15.7. The van der Waals surface area contributed by atoms with Crippen LogP contribution in [0.15, 0.2) is 34.7 Å². The highest BCUT2D eigenvalue weighted by atomic mass is 16.5. The third-order valence-electron chi connectivity index (χ3n) is 3.72. The quantitative estimate of drug-likeness (QED) is 0.800. The number of carbonyl (C=O) groups excluding carboxylic acids is 1. The molecule has 3 rings (SSSR count). The lowest BCUT2D eigenvalue weighted by Crippen LogP contribution is -2.31. The van der Waals surface area contributed by atoms with Crippen molar-refractivity contribution in [1.29, 1.82) is 0 Å². The maximum atomic E-state index is 12.1. The van der Waals surface area contributed by atoms with Gasteiger partial charge in [-0.15, -0.1) is 0 Å². The number of furan rings is 1. The monoisotopic (exact) mass is 298 g/mol. The molecule has 1 aromatic carbocycles. The van der Waals surface area contributed by atoms with Gasteiger partial charge >= 0.3 is 0 Å². The molecule has 3 aromatic rings. The highest BCUT2D eigenvalue weighted by molar-refractivity contribution is 5.98. The number of methoxy groups -OCH3 is 1. The summed E-state index contributed by atoms with van der Waals surface area (Å²) in [4.78, 5) is 16.6. The molecule has 0 unspecified atom stereocenters. The molecule has 0 aliphatic carbocycles. The van der Waals surface area contributed by atoms with Gasteiger partial charge in [0.1, 0.15) is 5.75 Å². The third-order valence-corrected chi connectivity index (χ3v) is 3.72. The summed E-state index contributed by atoms with van der Waals surface area (Å²) in [6.45, 7) is 3.98. The maximum absolute atomic E-state index is 12.1. The smallest absolute Gasteiger partial charge is 0.287 e. The van der Waals surface area contributed by atoms with Crippen LogP contribution >= 0.6 is 0 Å². The van der Waals surface area contributed by atoms with Crippen molar-refractivity contribution < 1.29 is 13.9 Å². The Labute approximate surface area is 128 Å². The molecule has 1 amide bonds.